The van der Waals surface area contributed by atoms with E-state index in [1.165, 1.54) is 12.1 Å². The molecule has 2 aliphatic rings. The van der Waals surface area contributed by atoms with Crippen molar-refractivity contribution in [3.8, 4) is 17.2 Å². The van der Waals surface area contributed by atoms with Gasteiger partial charge in [0.15, 0.2) is 11.5 Å². The fraction of sp³-hybridized carbons (Fsp3) is 0.357. The molecular weight excluding hydrogens is 531 g/mol. The lowest BCUT2D eigenvalue weighted by atomic mass is 9.86. The Bertz CT molecular complexity index is 1380. The van der Waals surface area contributed by atoms with Gasteiger partial charge in [-0.25, -0.2) is 13.3 Å². The minimum Gasteiger partial charge on any atom is -0.453 e. The normalized spacial score (nSPS) is 22.2. The highest BCUT2D eigenvalue weighted by atomic mass is 32.2. The van der Waals surface area contributed by atoms with E-state index >= 15 is 0 Å². The van der Waals surface area contributed by atoms with E-state index in [4.69, 9.17) is 4.74 Å². The smallest absolute Gasteiger partial charge is 0.453 e. The number of nitrogens with one attached hydrogen (secondary N) is 1. The Kier molecular flexibility index (Phi) is 7.75. The van der Waals surface area contributed by atoms with Crippen LogP contribution in [0.5, 0.6) is 17.2 Å². The van der Waals surface area contributed by atoms with Crippen LogP contribution in [0.3, 0.4) is 0 Å². The number of rotatable bonds is 7. The Hall–Kier alpha value is -3.28. The lowest BCUT2D eigenvalue weighted by molar-refractivity contribution is -0.274. The van der Waals surface area contributed by atoms with Gasteiger partial charge in [-0.1, -0.05) is 31.2 Å². The zero-order valence-corrected chi connectivity index (χ0v) is 22.1. The van der Waals surface area contributed by atoms with E-state index in [-0.39, 0.29) is 17.5 Å². The van der Waals surface area contributed by atoms with Gasteiger partial charge >= 0.3 is 6.36 Å². The van der Waals surface area contributed by atoms with Crippen molar-refractivity contribution in [2.75, 3.05) is 11.4 Å². The minimum atomic E-state index is -4.83. The molecule has 0 bridgehead atoms. The number of benzene rings is 3. The van der Waals surface area contributed by atoms with Gasteiger partial charge in [0.05, 0.1) is 28.4 Å². The molecule has 5 rings (SSSR count). The third kappa shape index (κ3) is 5.85. The number of hydrogen-bond acceptors (Lipinski definition) is 6. The van der Waals surface area contributed by atoms with Crippen LogP contribution in [0.1, 0.15) is 32.6 Å². The van der Waals surface area contributed by atoms with Crippen LogP contribution in [0.2, 0.25) is 0 Å². The number of hydrogen-bond donors (Lipinski definition) is 2. The van der Waals surface area contributed by atoms with Crippen molar-refractivity contribution in [1.82, 2.24) is 4.72 Å². The average Bonchev–Trinajstić information content (AvgIpc) is 2.91. The van der Waals surface area contributed by atoms with Crippen LogP contribution >= 0.6 is 0 Å². The first-order chi connectivity index (χ1) is 18.7. The summed E-state index contributed by atoms with van der Waals surface area (Å²) >= 11 is 0. The van der Waals surface area contributed by atoms with Crippen molar-refractivity contribution in [3.63, 3.8) is 0 Å². The third-order valence-corrected chi connectivity index (χ3v) is 8.89. The van der Waals surface area contributed by atoms with Gasteiger partial charge in [-0.3, -0.25) is 0 Å². The molecular formula is C28H30F3N3O4S. The first-order valence-electron chi connectivity index (χ1n) is 12.9. The number of aliphatic hydroxyl groups excluding tert-OH is 1. The van der Waals surface area contributed by atoms with Crippen LogP contribution in [-0.2, 0) is 9.92 Å². The fourth-order valence-electron chi connectivity index (χ4n) is 5.09. The predicted molar refractivity (Wildman–Crippen MR) is 143 cm³/mol. The minimum absolute atomic E-state index is 0.224. The summed E-state index contributed by atoms with van der Waals surface area (Å²) < 4.78 is 69.6. The maximum Gasteiger partial charge on any atom is 0.573 e. The van der Waals surface area contributed by atoms with E-state index in [2.05, 4.69) is 18.7 Å². The number of para-hydroxylation sites is 4. The summed E-state index contributed by atoms with van der Waals surface area (Å²) in [5, 5.41) is 11.7. The quantitative estimate of drug-likeness (QED) is 0.342. The van der Waals surface area contributed by atoms with Gasteiger partial charge in [0.1, 0.15) is 15.7 Å². The SMILES string of the molecule is CCCN=S(=O)(N[C@H]1CCC[C@H](N2c3ccccc3Oc3ccccc32)[C@@H]1O)c1ccc(OC(F)(F)F)cc1. The summed E-state index contributed by atoms with van der Waals surface area (Å²) in [5.41, 5.74) is 1.66. The van der Waals surface area contributed by atoms with Crippen LogP contribution in [0, 0.1) is 0 Å². The molecule has 39 heavy (non-hydrogen) atoms. The molecule has 1 fully saturated rings. The summed E-state index contributed by atoms with van der Waals surface area (Å²) in [7, 11) is -3.26. The Balaban J connectivity index is 1.45. The molecule has 3 aromatic rings. The Morgan fingerprint density at radius 1 is 1.03 bits per heavy atom. The summed E-state index contributed by atoms with van der Waals surface area (Å²) in [6.07, 6.45) is -3.12. The summed E-state index contributed by atoms with van der Waals surface area (Å²) in [4.78, 5) is 2.31. The molecule has 0 spiro atoms. The first-order valence-corrected chi connectivity index (χ1v) is 14.4. The maximum atomic E-state index is 14.2. The molecule has 3 aromatic carbocycles. The van der Waals surface area contributed by atoms with E-state index in [0.717, 1.165) is 29.9 Å². The molecule has 208 valence electrons. The fourth-order valence-corrected chi connectivity index (χ4v) is 7.06. The molecule has 0 radical (unpaired) electrons. The highest BCUT2D eigenvalue weighted by Gasteiger charge is 2.41. The van der Waals surface area contributed by atoms with Crippen LogP contribution in [0.15, 0.2) is 82.1 Å². The van der Waals surface area contributed by atoms with Crippen LogP contribution in [0.25, 0.3) is 0 Å². The summed E-state index contributed by atoms with van der Waals surface area (Å²) in [6, 6.07) is 19.2. The number of halogens is 3. The Morgan fingerprint density at radius 2 is 1.64 bits per heavy atom. The van der Waals surface area contributed by atoms with Crippen molar-refractivity contribution >= 4 is 21.3 Å². The highest BCUT2D eigenvalue weighted by Crippen LogP contribution is 2.49. The van der Waals surface area contributed by atoms with Gasteiger partial charge in [0.2, 0.25) is 0 Å². The van der Waals surface area contributed by atoms with Crippen molar-refractivity contribution < 1.29 is 32.0 Å². The Labute approximate surface area is 225 Å². The lowest BCUT2D eigenvalue weighted by Gasteiger charge is -2.45. The molecule has 0 amide bonds. The summed E-state index contributed by atoms with van der Waals surface area (Å²) in [6.45, 7) is 2.17. The molecule has 7 nitrogen and oxygen atoms in total. The standard InChI is InChI=1S/C28H30F3N3O4S/c1-2-18-32-39(36,20-16-14-19(15-17-20)38-28(29,30)31)33-21-8-7-11-24(27(21)35)34-22-9-3-5-12-25(22)37-26-13-6-4-10-23(26)34/h3-6,9-10,12-17,21,24,27,35H,2,7-8,11,18H2,1H3,(H,32,33,36)/t21-,24-,27+,39?/m0/s1. The third-order valence-electron chi connectivity index (χ3n) is 6.81. The van der Waals surface area contributed by atoms with Crippen molar-refractivity contribution in [1.29, 1.82) is 0 Å². The zero-order chi connectivity index (χ0) is 27.6. The molecule has 1 aliphatic heterocycles. The van der Waals surface area contributed by atoms with Gasteiger partial charge in [-0.15, -0.1) is 13.2 Å². The number of alkyl halides is 3. The van der Waals surface area contributed by atoms with Crippen molar-refractivity contribution in [2.45, 2.75) is 62.1 Å². The van der Waals surface area contributed by atoms with Crippen molar-refractivity contribution in [3.05, 3.63) is 72.8 Å². The second kappa shape index (κ2) is 11.1. The van der Waals surface area contributed by atoms with Gasteiger partial charge in [0, 0.05) is 12.6 Å². The van der Waals surface area contributed by atoms with E-state index in [1.807, 2.05) is 55.5 Å². The van der Waals surface area contributed by atoms with Crippen LogP contribution in [0.4, 0.5) is 24.5 Å². The number of anilines is 2. The predicted octanol–water partition coefficient (Wildman–Crippen LogP) is 6.55. The van der Waals surface area contributed by atoms with Gasteiger partial charge in [0.25, 0.3) is 0 Å². The molecule has 1 heterocycles. The molecule has 2 N–H and O–H groups in total. The molecule has 1 aliphatic carbocycles. The monoisotopic (exact) mass is 561 g/mol. The number of ether oxygens (including phenoxy) is 2. The van der Waals surface area contributed by atoms with E-state index in [1.54, 1.807) is 0 Å². The summed E-state index contributed by atoms with van der Waals surface area (Å²) in [5.74, 6) is 0.952. The van der Waals surface area contributed by atoms with Crippen LogP contribution in [-0.4, -0.2) is 40.4 Å². The molecule has 0 aromatic heterocycles. The van der Waals surface area contributed by atoms with Gasteiger partial charge < -0.3 is 19.5 Å². The highest BCUT2D eigenvalue weighted by molar-refractivity contribution is 7.91. The lowest BCUT2D eigenvalue weighted by Crippen LogP contribution is -2.56. The van der Waals surface area contributed by atoms with E-state index in [0.29, 0.717) is 30.8 Å². The van der Waals surface area contributed by atoms with Gasteiger partial charge in [-0.05, 0) is 74.2 Å². The first kappa shape index (κ1) is 27.3. The largest absolute Gasteiger partial charge is 0.573 e. The average molecular weight is 562 g/mol. The second-order valence-corrected chi connectivity index (χ2v) is 11.5. The molecule has 11 heteroatoms. The topological polar surface area (TPSA) is 83.4 Å². The van der Waals surface area contributed by atoms with E-state index in [9.17, 15) is 22.5 Å². The van der Waals surface area contributed by atoms with E-state index < -0.39 is 34.2 Å². The van der Waals surface area contributed by atoms with Gasteiger partial charge in [-0.2, -0.15) is 0 Å². The number of fused-ring (bicyclic) bond motifs is 2. The number of aliphatic hydroxyl groups is 1. The number of nitrogens with zero attached hydrogens (tertiary/aromatic N) is 2. The maximum absolute atomic E-state index is 14.2. The Morgan fingerprint density at radius 3 is 2.23 bits per heavy atom. The molecule has 1 unspecified atom stereocenters. The van der Waals surface area contributed by atoms with Crippen molar-refractivity contribution in [2.24, 2.45) is 4.36 Å². The molecule has 4 atom stereocenters. The molecule has 0 saturated heterocycles. The second-order valence-electron chi connectivity index (χ2n) is 9.52. The zero-order valence-electron chi connectivity index (χ0n) is 21.3. The molecule has 1 saturated carbocycles. The van der Waals surface area contributed by atoms with Crippen LogP contribution < -0.4 is 19.1 Å².